The second-order valence-corrected chi connectivity index (χ2v) is 4.36. The lowest BCUT2D eigenvalue weighted by molar-refractivity contribution is 0.0690. The summed E-state index contributed by atoms with van der Waals surface area (Å²) in [7, 11) is 0. The molecule has 0 saturated carbocycles. The molecule has 1 rings (SSSR count). The van der Waals surface area contributed by atoms with Crippen molar-refractivity contribution in [1.29, 1.82) is 0 Å². The number of aromatic nitrogens is 1. The molecule has 5 heteroatoms. The van der Waals surface area contributed by atoms with Crippen molar-refractivity contribution >= 4 is 11.9 Å². The molecule has 1 aromatic heterocycles. The van der Waals surface area contributed by atoms with Crippen molar-refractivity contribution in [2.24, 2.45) is 5.92 Å². The molecule has 0 aromatic carbocycles. The quantitative estimate of drug-likeness (QED) is 0.837. The molecule has 0 aliphatic rings. The van der Waals surface area contributed by atoms with Gasteiger partial charge in [-0.15, -0.1) is 0 Å². The van der Waals surface area contributed by atoms with Crippen molar-refractivity contribution in [3.05, 3.63) is 29.6 Å². The predicted molar refractivity (Wildman–Crippen MR) is 67.6 cm³/mol. The summed E-state index contributed by atoms with van der Waals surface area (Å²) in [5.74, 6) is -1.12. The van der Waals surface area contributed by atoms with Crippen molar-refractivity contribution in [2.75, 3.05) is 0 Å². The molecule has 2 unspecified atom stereocenters. The minimum Gasteiger partial charge on any atom is -0.477 e. The number of carbonyl (C=O) groups is 2. The molecule has 0 aliphatic carbocycles. The fourth-order valence-corrected chi connectivity index (χ4v) is 1.46. The Morgan fingerprint density at radius 2 is 1.94 bits per heavy atom. The summed E-state index contributed by atoms with van der Waals surface area (Å²) < 4.78 is 0. The molecule has 5 nitrogen and oxygen atoms in total. The summed E-state index contributed by atoms with van der Waals surface area (Å²) in [5.41, 5.74) is 0.00361. The largest absolute Gasteiger partial charge is 0.477 e. The molecule has 0 fully saturated rings. The summed E-state index contributed by atoms with van der Waals surface area (Å²) in [6.45, 7) is 6.02. The summed E-state index contributed by atoms with van der Waals surface area (Å²) in [4.78, 5) is 26.4. The summed E-state index contributed by atoms with van der Waals surface area (Å²) in [5, 5.41) is 11.6. The van der Waals surface area contributed by atoms with Gasteiger partial charge >= 0.3 is 5.97 Å². The number of nitrogens with zero attached hydrogens (tertiary/aromatic N) is 1. The van der Waals surface area contributed by atoms with E-state index in [2.05, 4.69) is 17.2 Å². The lowest BCUT2D eigenvalue weighted by atomic mass is 10.0. The lowest BCUT2D eigenvalue weighted by Gasteiger charge is -2.19. The Bertz CT molecular complexity index is 446. The highest BCUT2D eigenvalue weighted by Crippen LogP contribution is 2.08. The zero-order valence-corrected chi connectivity index (χ0v) is 10.8. The van der Waals surface area contributed by atoms with Crippen LogP contribution in [0.15, 0.2) is 18.2 Å². The first-order valence-corrected chi connectivity index (χ1v) is 5.97. The molecule has 0 saturated heterocycles. The molecule has 0 radical (unpaired) electrons. The SMILES string of the molecule is CCC(C)C(C)NC(=O)c1cccc(C(=O)O)n1. The third-order valence-corrected chi connectivity index (χ3v) is 3.06. The van der Waals surface area contributed by atoms with E-state index in [0.29, 0.717) is 5.92 Å². The smallest absolute Gasteiger partial charge is 0.354 e. The van der Waals surface area contributed by atoms with Crippen LogP contribution in [0, 0.1) is 5.92 Å². The van der Waals surface area contributed by atoms with Gasteiger partial charge in [-0.2, -0.15) is 0 Å². The van der Waals surface area contributed by atoms with Gasteiger partial charge in [0.25, 0.3) is 5.91 Å². The Balaban J connectivity index is 2.78. The van der Waals surface area contributed by atoms with Crippen LogP contribution >= 0.6 is 0 Å². The predicted octanol–water partition coefficient (Wildman–Crippen LogP) is 1.94. The highest BCUT2D eigenvalue weighted by molar-refractivity contribution is 5.94. The van der Waals surface area contributed by atoms with Crippen LogP contribution in [-0.2, 0) is 0 Å². The molecular weight excluding hydrogens is 232 g/mol. The molecule has 1 amide bonds. The van der Waals surface area contributed by atoms with E-state index < -0.39 is 5.97 Å². The van der Waals surface area contributed by atoms with Crippen molar-refractivity contribution < 1.29 is 14.7 Å². The minimum absolute atomic E-state index is 0.0257. The van der Waals surface area contributed by atoms with Gasteiger partial charge in [-0.05, 0) is 25.0 Å². The Kier molecular flexibility index (Phi) is 4.83. The summed E-state index contributed by atoms with van der Waals surface area (Å²) in [6.07, 6.45) is 0.962. The first-order valence-electron chi connectivity index (χ1n) is 5.97. The van der Waals surface area contributed by atoms with Gasteiger partial charge in [0.1, 0.15) is 11.4 Å². The van der Waals surface area contributed by atoms with E-state index in [-0.39, 0.29) is 23.3 Å². The number of pyridine rings is 1. The monoisotopic (exact) mass is 250 g/mol. The van der Waals surface area contributed by atoms with Crippen molar-refractivity contribution in [2.45, 2.75) is 33.2 Å². The van der Waals surface area contributed by atoms with Crippen LogP contribution in [0.4, 0.5) is 0 Å². The van der Waals surface area contributed by atoms with Crippen molar-refractivity contribution in [3.63, 3.8) is 0 Å². The highest BCUT2D eigenvalue weighted by Gasteiger charge is 2.16. The lowest BCUT2D eigenvalue weighted by Crippen LogP contribution is -2.37. The molecule has 0 spiro atoms. The van der Waals surface area contributed by atoms with E-state index in [4.69, 9.17) is 5.11 Å². The third kappa shape index (κ3) is 3.55. The maximum absolute atomic E-state index is 11.9. The minimum atomic E-state index is -1.14. The zero-order valence-electron chi connectivity index (χ0n) is 10.8. The maximum atomic E-state index is 11.9. The van der Waals surface area contributed by atoms with E-state index in [1.807, 2.05) is 13.8 Å². The van der Waals surface area contributed by atoms with Crippen LogP contribution in [0.1, 0.15) is 48.2 Å². The van der Waals surface area contributed by atoms with Crippen LogP contribution in [0.5, 0.6) is 0 Å². The number of hydrogen-bond acceptors (Lipinski definition) is 3. The van der Waals surface area contributed by atoms with Crippen LogP contribution in [0.3, 0.4) is 0 Å². The van der Waals surface area contributed by atoms with Gasteiger partial charge in [-0.1, -0.05) is 26.3 Å². The molecule has 2 atom stereocenters. The number of carbonyl (C=O) groups excluding carboxylic acids is 1. The second kappa shape index (κ2) is 6.14. The normalized spacial score (nSPS) is 13.7. The topological polar surface area (TPSA) is 79.3 Å². The summed E-state index contributed by atoms with van der Waals surface area (Å²) in [6, 6.07) is 4.40. The summed E-state index contributed by atoms with van der Waals surface area (Å²) >= 11 is 0. The van der Waals surface area contributed by atoms with Crippen molar-refractivity contribution in [3.8, 4) is 0 Å². The van der Waals surface area contributed by atoms with Crippen LogP contribution in [-0.4, -0.2) is 28.0 Å². The van der Waals surface area contributed by atoms with E-state index >= 15 is 0 Å². The van der Waals surface area contributed by atoms with Gasteiger partial charge < -0.3 is 10.4 Å². The Hall–Kier alpha value is -1.91. The number of hydrogen-bond donors (Lipinski definition) is 2. The fraction of sp³-hybridized carbons (Fsp3) is 0.462. The van der Waals surface area contributed by atoms with Gasteiger partial charge in [-0.3, -0.25) is 4.79 Å². The second-order valence-electron chi connectivity index (χ2n) is 4.36. The van der Waals surface area contributed by atoms with Crippen LogP contribution in [0.25, 0.3) is 0 Å². The molecule has 98 valence electrons. The Labute approximate surface area is 106 Å². The van der Waals surface area contributed by atoms with Gasteiger partial charge in [0.2, 0.25) is 0 Å². The zero-order chi connectivity index (χ0) is 13.7. The average Bonchev–Trinajstić information content (AvgIpc) is 2.37. The number of carboxylic acids is 1. The molecule has 18 heavy (non-hydrogen) atoms. The third-order valence-electron chi connectivity index (χ3n) is 3.06. The highest BCUT2D eigenvalue weighted by atomic mass is 16.4. The van der Waals surface area contributed by atoms with Crippen LogP contribution in [0.2, 0.25) is 0 Å². The Morgan fingerprint density at radius 3 is 2.50 bits per heavy atom. The van der Waals surface area contributed by atoms with E-state index in [1.165, 1.54) is 18.2 Å². The first-order chi connectivity index (χ1) is 8.45. The maximum Gasteiger partial charge on any atom is 0.354 e. The molecular formula is C13H18N2O3. The van der Waals surface area contributed by atoms with Gasteiger partial charge in [0.15, 0.2) is 0 Å². The number of aromatic carboxylic acids is 1. The van der Waals surface area contributed by atoms with Gasteiger partial charge in [-0.25, -0.2) is 9.78 Å². The van der Waals surface area contributed by atoms with Crippen molar-refractivity contribution in [1.82, 2.24) is 10.3 Å². The molecule has 1 heterocycles. The number of carboxylic acid groups (broad SMARTS) is 1. The number of nitrogens with one attached hydrogen (secondary N) is 1. The Morgan fingerprint density at radius 1 is 1.33 bits per heavy atom. The molecule has 1 aromatic rings. The molecule has 2 N–H and O–H groups in total. The standard InChI is InChI=1S/C13H18N2O3/c1-4-8(2)9(3)14-12(16)10-6-5-7-11(15-10)13(17)18/h5-9H,4H2,1-3H3,(H,14,16)(H,17,18). The average molecular weight is 250 g/mol. The van der Waals surface area contributed by atoms with E-state index in [1.54, 1.807) is 0 Å². The first kappa shape index (κ1) is 14.2. The van der Waals surface area contributed by atoms with E-state index in [9.17, 15) is 9.59 Å². The number of amides is 1. The molecule has 0 bridgehead atoms. The van der Waals surface area contributed by atoms with Gasteiger partial charge in [0.05, 0.1) is 0 Å². The molecule has 0 aliphatic heterocycles. The number of rotatable bonds is 5. The van der Waals surface area contributed by atoms with E-state index in [0.717, 1.165) is 6.42 Å². The van der Waals surface area contributed by atoms with Crippen LogP contribution < -0.4 is 5.32 Å². The van der Waals surface area contributed by atoms with Gasteiger partial charge in [0, 0.05) is 6.04 Å². The fourth-order valence-electron chi connectivity index (χ4n) is 1.46.